The van der Waals surface area contributed by atoms with Crippen LogP contribution in [0.5, 0.6) is 0 Å². The van der Waals surface area contributed by atoms with Gasteiger partial charge in [0.2, 0.25) is 0 Å². The first-order valence-corrected chi connectivity index (χ1v) is 9.08. The maximum absolute atomic E-state index is 6.73. The lowest BCUT2D eigenvalue weighted by Gasteiger charge is -2.47. The molecule has 0 radical (unpaired) electrons. The van der Waals surface area contributed by atoms with Crippen LogP contribution in [0.2, 0.25) is 0 Å². The van der Waals surface area contributed by atoms with Crippen LogP contribution in [0.25, 0.3) is 0 Å². The van der Waals surface area contributed by atoms with Gasteiger partial charge in [-0.2, -0.15) is 0 Å². The third-order valence-corrected chi connectivity index (χ3v) is 6.68. The fourth-order valence-electron chi connectivity index (χ4n) is 5.32. The average Bonchev–Trinajstić information content (AvgIpc) is 2.84. The molecule has 20 heavy (non-hydrogen) atoms. The van der Waals surface area contributed by atoms with Gasteiger partial charge in [0.05, 0.1) is 23.4 Å². The minimum Gasteiger partial charge on any atom is -0.372 e. The van der Waals surface area contributed by atoms with E-state index in [1.165, 1.54) is 89.9 Å². The number of hydrogen-bond acceptors (Lipinski definition) is 2. The molecule has 1 atom stereocenters. The monoisotopic (exact) mass is 278 g/mol. The van der Waals surface area contributed by atoms with Gasteiger partial charge in [0.15, 0.2) is 0 Å². The van der Waals surface area contributed by atoms with Crippen molar-refractivity contribution in [3.05, 3.63) is 0 Å². The van der Waals surface area contributed by atoms with E-state index < -0.39 is 0 Å². The molecule has 4 fully saturated rings. The highest BCUT2D eigenvalue weighted by atomic mass is 16.6. The summed E-state index contributed by atoms with van der Waals surface area (Å²) < 4.78 is 13.2. The maximum Gasteiger partial charge on any atom is 0.0924 e. The summed E-state index contributed by atoms with van der Waals surface area (Å²) in [6.07, 6.45) is 18.6. The van der Waals surface area contributed by atoms with Gasteiger partial charge in [-0.25, -0.2) is 0 Å². The fourth-order valence-corrected chi connectivity index (χ4v) is 5.32. The van der Waals surface area contributed by atoms with Crippen LogP contribution in [-0.2, 0) is 9.47 Å². The van der Waals surface area contributed by atoms with Gasteiger partial charge >= 0.3 is 0 Å². The molecule has 0 aromatic heterocycles. The lowest BCUT2D eigenvalue weighted by Crippen LogP contribution is -2.50. The molecular formula is C18H30O2. The third-order valence-electron chi connectivity index (χ3n) is 6.68. The minimum atomic E-state index is 0.0973. The standard InChI is InChI=1S/C18H30O2/c1-3-7-16(8-4-1)11-13-18(15-19-16)14-12-17(20-18)9-5-2-6-10-17/h1-15H2. The van der Waals surface area contributed by atoms with E-state index in [1.54, 1.807) is 0 Å². The molecule has 0 aromatic carbocycles. The van der Waals surface area contributed by atoms with Gasteiger partial charge in [-0.05, 0) is 51.4 Å². The highest BCUT2D eigenvalue weighted by molar-refractivity contribution is 5.03. The van der Waals surface area contributed by atoms with E-state index in [-0.39, 0.29) is 16.8 Å². The van der Waals surface area contributed by atoms with E-state index in [4.69, 9.17) is 9.47 Å². The van der Waals surface area contributed by atoms with Crippen LogP contribution >= 0.6 is 0 Å². The van der Waals surface area contributed by atoms with Crippen molar-refractivity contribution < 1.29 is 9.47 Å². The quantitative estimate of drug-likeness (QED) is 0.636. The number of rotatable bonds is 0. The summed E-state index contributed by atoms with van der Waals surface area (Å²) in [6.45, 7) is 0.884. The third kappa shape index (κ3) is 2.33. The van der Waals surface area contributed by atoms with E-state index >= 15 is 0 Å². The smallest absolute Gasteiger partial charge is 0.0924 e. The molecule has 4 aliphatic rings. The Hall–Kier alpha value is -0.0800. The zero-order valence-corrected chi connectivity index (χ0v) is 12.9. The molecule has 2 heterocycles. The van der Waals surface area contributed by atoms with E-state index in [0.717, 1.165) is 6.61 Å². The highest BCUT2D eigenvalue weighted by Crippen LogP contribution is 2.52. The molecule has 1 unspecified atom stereocenters. The largest absolute Gasteiger partial charge is 0.372 e. The summed E-state index contributed by atoms with van der Waals surface area (Å²) >= 11 is 0. The lowest BCUT2D eigenvalue weighted by atomic mass is 9.76. The number of ether oxygens (including phenoxy) is 2. The van der Waals surface area contributed by atoms with E-state index in [2.05, 4.69) is 0 Å². The van der Waals surface area contributed by atoms with Gasteiger partial charge in [-0.1, -0.05) is 38.5 Å². The molecule has 2 aliphatic heterocycles. The van der Waals surface area contributed by atoms with E-state index in [9.17, 15) is 0 Å². The molecule has 2 heteroatoms. The molecule has 2 nitrogen and oxygen atoms in total. The van der Waals surface area contributed by atoms with Gasteiger partial charge in [0.25, 0.3) is 0 Å². The molecule has 114 valence electrons. The van der Waals surface area contributed by atoms with Crippen LogP contribution < -0.4 is 0 Å². The van der Waals surface area contributed by atoms with Crippen molar-refractivity contribution in [3.8, 4) is 0 Å². The molecule has 2 saturated heterocycles. The first-order chi connectivity index (χ1) is 9.74. The molecule has 2 saturated carbocycles. The average molecular weight is 278 g/mol. The van der Waals surface area contributed by atoms with Gasteiger partial charge < -0.3 is 9.47 Å². The van der Waals surface area contributed by atoms with E-state index in [1.807, 2.05) is 0 Å². The summed E-state index contributed by atoms with van der Waals surface area (Å²) in [5.41, 5.74) is 0.591. The van der Waals surface area contributed by atoms with Crippen molar-refractivity contribution in [2.24, 2.45) is 0 Å². The first-order valence-electron chi connectivity index (χ1n) is 9.08. The number of hydrogen-bond donors (Lipinski definition) is 0. The normalized spacial score (nSPS) is 39.6. The summed E-state index contributed by atoms with van der Waals surface area (Å²) in [5, 5.41) is 0. The zero-order valence-electron chi connectivity index (χ0n) is 12.9. The lowest BCUT2D eigenvalue weighted by molar-refractivity contribution is -0.216. The maximum atomic E-state index is 6.73. The summed E-state index contributed by atoms with van der Waals surface area (Å²) in [4.78, 5) is 0. The Morgan fingerprint density at radius 2 is 0.950 bits per heavy atom. The summed E-state index contributed by atoms with van der Waals surface area (Å²) in [7, 11) is 0. The predicted octanol–water partition coefficient (Wildman–Crippen LogP) is 4.75. The van der Waals surface area contributed by atoms with Crippen LogP contribution in [0, 0.1) is 0 Å². The van der Waals surface area contributed by atoms with Crippen molar-refractivity contribution >= 4 is 0 Å². The molecule has 0 N–H and O–H groups in total. The topological polar surface area (TPSA) is 18.5 Å². The van der Waals surface area contributed by atoms with Crippen molar-refractivity contribution in [2.45, 2.75) is 107 Å². The van der Waals surface area contributed by atoms with Crippen molar-refractivity contribution in [1.29, 1.82) is 0 Å². The predicted molar refractivity (Wildman–Crippen MR) is 79.9 cm³/mol. The second kappa shape index (κ2) is 4.98. The Morgan fingerprint density at radius 1 is 0.450 bits per heavy atom. The second-order valence-electron chi connectivity index (χ2n) is 8.06. The SMILES string of the molecule is C1CCC2(CC1)CCC1(CCC3(CCCCC3)O1)CO2. The van der Waals surface area contributed by atoms with E-state index in [0.29, 0.717) is 0 Å². The van der Waals surface area contributed by atoms with Crippen LogP contribution in [0.4, 0.5) is 0 Å². The van der Waals surface area contributed by atoms with Crippen LogP contribution in [0.3, 0.4) is 0 Å². The molecule has 4 rings (SSSR count). The van der Waals surface area contributed by atoms with Gasteiger partial charge in [0, 0.05) is 0 Å². The molecule has 0 bridgehead atoms. The molecule has 3 spiro atoms. The van der Waals surface area contributed by atoms with Crippen LogP contribution in [0.1, 0.15) is 89.9 Å². The zero-order chi connectivity index (χ0) is 13.5. The second-order valence-corrected chi connectivity index (χ2v) is 8.06. The molecule has 0 amide bonds. The highest BCUT2D eigenvalue weighted by Gasteiger charge is 2.53. The Labute approximate surface area is 123 Å². The van der Waals surface area contributed by atoms with Crippen molar-refractivity contribution in [1.82, 2.24) is 0 Å². The van der Waals surface area contributed by atoms with Gasteiger partial charge in [0.1, 0.15) is 0 Å². The Morgan fingerprint density at radius 3 is 1.50 bits per heavy atom. The van der Waals surface area contributed by atoms with Crippen molar-refractivity contribution in [2.75, 3.05) is 6.61 Å². The Bertz CT molecular complexity index is 340. The Kier molecular flexibility index (Phi) is 3.38. The molecular weight excluding hydrogens is 248 g/mol. The summed E-state index contributed by atoms with van der Waals surface area (Å²) in [5.74, 6) is 0. The Balaban J connectivity index is 1.41. The minimum absolute atomic E-state index is 0.0973. The summed E-state index contributed by atoms with van der Waals surface area (Å²) in [6, 6.07) is 0. The van der Waals surface area contributed by atoms with Crippen LogP contribution in [0.15, 0.2) is 0 Å². The van der Waals surface area contributed by atoms with Crippen LogP contribution in [-0.4, -0.2) is 23.4 Å². The first kappa shape index (κ1) is 13.6. The molecule has 0 aromatic rings. The molecule has 2 aliphatic carbocycles. The van der Waals surface area contributed by atoms with Crippen molar-refractivity contribution in [3.63, 3.8) is 0 Å². The van der Waals surface area contributed by atoms with Gasteiger partial charge in [-0.15, -0.1) is 0 Å². The van der Waals surface area contributed by atoms with Gasteiger partial charge in [-0.3, -0.25) is 0 Å². The fraction of sp³-hybridized carbons (Fsp3) is 1.00.